The number of primary amides is 2. The lowest BCUT2D eigenvalue weighted by molar-refractivity contribution is -0.146. The highest BCUT2D eigenvalue weighted by Gasteiger charge is 2.54. The number of hydrogen-bond donors (Lipinski definition) is 4. The molecule has 2 aromatic rings. The summed E-state index contributed by atoms with van der Waals surface area (Å²) in [4.78, 5) is 60.8. The van der Waals surface area contributed by atoms with Gasteiger partial charge in [-0.15, -0.1) is 0 Å². The van der Waals surface area contributed by atoms with Crippen LogP contribution in [-0.2, 0) is 29.2 Å². The molecule has 0 aliphatic carbocycles. The molecule has 0 spiro atoms. The first-order valence-corrected chi connectivity index (χ1v) is 13.5. The highest BCUT2D eigenvalue weighted by Crippen LogP contribution is 2.33. The number of nitrogens with zero attached hydrogens (tertiary/aromatic N) is 1. The number of rotatable bonds is 13. The third kappa shape index (κ3) is 9.28. The third-order valence-electron chi connectivity index (χ3n) is 6.44. The zero-order valence-electron chi connectivity index (χ0n) is 23.7. The topological polar surface area (TPSA) is 201 Å². The number of imide groups is 2. The first kappa shape index (κ1) is 33.7. The molecule has 0 radical (unpaired) electrons. The molecule has 0 saturated carbocycles. The second-order valence-corrected chi connectivity index (χ2v) is 9.34. The molecule has 1 aliphatic heterocycles. The van der Waals surface area contributed by atoms with Gasteiger partial charge in [0, 0.05) is 6.61 Å². The van der Waals surface area contributed by atoms with Crippen LogP contribution >= 0.6 is 0 Å². The van der Waals surface area contributed by atoms with Crippen LogP contribution in [0.3, 0.4) is 0 Å². The molecule has 1 heterocycles. The van der Waals surface area contributed by atoms with Crippen molar-refractivity contribution in [3.63, 3.8) is 0 Å². The highest BCUT2D eigenvalue weighted by atomic mass is 16.6. The first-order valence-electron chi connectivity index (χ1n) is 13.5. The Balaban J connectivity index is 0.000000395. The molecular formula is C29H38N4O9. The van der Waals surface area contributed by atoms with Crippen molar-refractivity contribution in [1.82, 2.24) is 10.2 Å². The lowest BCUT2D eigenvalue weighted by atomic mass is 9.74. The van der Waals surface area contributed by atoms with Gasteiger partial charge in [0.15, 0.2) is 5.41 Å². The molecule has 3 unspecified atom stereocenters. The third-order valence-corrected chi connectivity index (χ3v) is 6.44. The molecule has 6 N–H and O–H groups in total. The lowest BCUT2D eigenvalue weighted by Crippen LogP contribution is -2.67. The van der Waals surface area contributed by atoms with Crippen LogP contribution in [0.2, 0.25) is 0 Å². The summed E-state index contributed by atoms with van der Waals surface area (Å²) in [6.07, 6.45) is -1.79. The van der Waals surface area contributed by atoms with Crippen LogP contribution in [0.25, 0.3) is 0 Å². The minimum atomic E-state index is -1.55. The number of hydrogen-bond acceptors (Lipinski definition) is 9. The van der Waals surface area contributed by atoms with Gasteiger partial charge in [-0.25, -0.2) is 14.4 Å². The Morgan fingerprint density at radius 2 is 1.57 bits per heavy atom. The SMILES string of the molecule is CCCCOCC(CN1C(=O)NC(=O)C(CC)(c2ccccc2)C1=O)OC(N)=O.NC(=O)OCC(O)c1ccccc1. The molecule has 42 heavy (non-hydrogen) atoms. The molecule has 3 rings (SSSR count). The van der Waals surface area contributed by atoms with Crippen molar-refractivity contribution < 1.29 is 43.3 Å². The predicted octanol–water partition coefficient (Wildman–Crippen LogP) is 2.51. The van der Waals surface area contributed by atoms with Gasteiger partial charge in [0.25, 0.3) is 5.91 Å². The van der Waals surface area contributed by atoms with Gasteiger partial charge in [-0.05, 0) is 24.0 Å². The fraction of sp³-hybridized carbons (Fsp3) is 0.414. The van der Waals surface area contributed by atoms with Crippen LogP contribution in [0, 0.1) is 0 Å². The largest absolute Gasteiger partial charge is 0.447 e. The van der Waals surface area contributed by atoms with Gasteiger partial charge in [0.05, 0.1) is 13.2 Å². The van der Waals surface area contributed by atoms with Gasteiger partial charge in [-0.2, -0.15) is 0 Å². The number of amides is 6. The van der Waals surface area contributed by atoms with E-state index in [1.807, 2.05) is 13.0 Å². The van der Waals surface area contributed by atoms with Gasteiger partial charge in [-0.1, -0.05) is 80.9 Å². The van der Waals surface area contributed by atoms with Crippen LogP contribution in [0.4, 0.5) is 14.4 Å². The van der Waals surface area contributed by atoms with E-state index in [0.717, 1.165) is 17.7 Å². The lowest BCUT2D eigenvalue weighted by Gasteiger charge is -2.39. The number of unbranched alkanes of at least 4 members (excludes halogenated alkanes) is 1. The highest BCUT2D eigenvalue weighted by molar-refractivity contribution is 6.22. The first-order chi connectivity index (χ1) is 20.1. The average molecular weight is 587 g/mol. The van der Waals surface area contributed by atoms with Crippen molar-refractivity contribution in [3.05, 3.63) is 71.8 Å². The summed E-state index contributed by atoms with van der Waals surface area (Å²) in [5.41, 5.74) is 9.49. The molecule has 13 nitrogen and oxygen atoms in total. The van der Waals surface area contributed by atoms with Crippen molar-refractivity contribution in [3.8, 4) is 0 Å². The fourth-order valence-electron chi connectivity index (χ4n) is 4.24. The number of aliphatic hydroxyl groups is 1. The number of barbiturate groups is 1. The monoisotopic (exact) mass is 586 g/mol. The standard InChI is InChI=1S/C20H27N3O6.C9H11NO3/c1-3-5-11-28-13-15(29-18(21)26)12-23-17(25)20(4-2,16(24)22-19(23)27)14-9-7-6-8-10-14;10-9(12)13-6-8(11)7-4-2-1-3-5-7/h6-10,15H,3-5,11-13H2,1-2H3,(H2,21,26)(H,22,24,27);1-5,8,11H,6H2,(H2,10,12). The number of nitrogens with one attached hydrogen (secondary N) is 1. The quantitative estimate of drug-likeness (QED) is 0.201. The molecule has 228 valence electrons. The molecule has 1 fully saturated rings. The molecule has 1 aliphatic rings. The number of urea groups is 1. The average Bonchev–Trinajstić information content (AvgIpc) is 2.97. The molecule has 0 aromatic heterocycles. The van der Waals surface area contributed by atoms with E-state index in [9.17, 15) is 29.1 Å². The number of carbonyl (C=O) groups excluding carboxylic acids is 5. The van der Waals surface area contributed by atoms with E-state index in [4.69, 9.17) is 20.9 Å². The maximum atomic E-state index is 13.3. The van der Waals surface area contributed by atoms with E-state index in [1.165, 1.54) is 0 Å². The number of carbonyl (C=O) groups is 5. The number of benzene rings is 2. The van der Waals surface area contributed by atoms with Crippen molar-refractivity contribution in [1.29, 1.82) is 0 Å². The molecule has 3 atom stereocenters. The number of aliphatic hydroxyl groups excluding tert-OH is 1. The molecule has 0 bridgehead atoms. The second-order valence-electron chi connectivity index (χ2n) is 9.34. The van der Waals surface area contributed by atoms with Gasteiger partial charge in [-0.3, -0.25) is 19.8 Å². The van der Waals surface area contributed by atoms with E-state index in [0.29, 0.717) is 17.7 Å². The Bertz CT molecular complexity index is 1200. The van der Waals surface area contributed by atoms with E-state index >= 15 is 0 Å². The van der Waals surface area contributed by atoms with E-state index in [-0.39, 0.29) is 26.2 Å². The van der Waals surface area contributed by atoms with Crippen molar-refractivity contribution in [2.24, 2.45) is 11.5 Å². The Labute approximate surface area is 244 Å². The van der Waals surface area contributed by atoms with E-state index in [2.05, 4.69) is 10.1 Å². The van der Waals surface area contributed by atoms with Crippen LogP contribution in [-0.4, -0.2) is 72.5 Å². The molecule has 2 aromatic carbocycles. The smallest absolute Gasteiger partial charge is 0.404 e. The maximum Gasteiger partial charge on any atom is 0.404 e. The zero-order valence-corrected chi connectivity index (χ0v) is 23.7. The molecule has 6 amide bonds. The fourth-order valence-corrected chi connectivity index (χ4v) is 4.24. The normalized spacial score (nSPS) is 17.8. The summed E-state index contributed by atoms with van der Waals surface area (Å²) in [6, 6.07) is 16.6. The van der Waals surface area contributed by atoms with Crippen LogP contribution < -0.4 is 16.8 Å². The van der Waals surface area contributed by atoms with E-state index < -0.39 is 47.7 Å². The number of ether oxygens (including phenoxy) is 3. The zero-order chi connectivity index (χ0) is 31.1. The summed E-state index contributed by atoms with van der Waals surface area (Å²) >= 11 is 0. The van der Waals surface area contributed by atoms with Gasteiger partial charge in [0.2, 0.25) is 5.91 Å². The Morgan fingerprint density at radius 3 is 2.12 bits per heavy atom. The van der Waals surface area contributed by atoms with Crippen LogP contribution in [0.1, 0.15) is 50.3 Å². The van der Waals surface area contributed by atoms with Gasteiger partial charge >= 0.3 is 18.2 Å². The second kappa shape index (κ2) is 16.7. The Morgan fingerprint density at radius 1 is 0.952 bits per heavy atom. The summed E-state index contributed by atoms with van der Waals surface area (Å²) < 4.78 is 14.9. The van der Waals surface area contributed by atoms with Crippen molar-refractivity contribution in [2.45, 2.75) is 50.7 Å². The predicted molar refractivity (Wildman–Crippen MR) is 151 cm³/mol. The maximum absolute atomic E-state index is 13.3. The minimum absolute atomic E-state index is 0.0294. The van der Waals surface area contributed by atoms with E-state index in [1.54, 1.807) is 61.5 Å². The van der Waals surface area contributed by atoms with Gasteiger partial charge < -0.3 is 30.8 Å². The van der Waals surface area contributed by atoms with Crippen molar-refractivity contribution in [2.75, 3.05) is 26.4 Å². The van der Waals surface area contributed by atoms with Gasteiger partial charge in [0.1, 0.15) is 18.8 Å². The summed E-state index contributed by atoms with van der Waals surface area (Å²) in [5.74, 6) is -1.35. The number of nitrogens with two attached hydrogens (primary N) is 2. The van der Waals surface area contributed by atoms with Crippen LogP contribution in [0.5, 0.6) is 0 Å². The summed E-state index contributed by atoms with van der Waals surface area (Å²) in [6.45, 7) is 3.72. The van der Waals surface area contributed by atoms with Crippen molar-refractivity contribution >= 4 is 30.0 Å². The Hall–Kier alpha value is -4.49. The summed E-state index contributed by atoms with van der Waals surface area (Å²) in [5, 5.41) is 11.7. The molecular weight excluding hydrogens is 548 g/mol. The minimum Gasteiger partial charge on any atom is -0.447 e. The molecule has 13 heteroatoms. The summed E-state index contributed by atoms with van der Waals surface area (Å²) in [7, 11) is 0. The Kier molecular flexibility index (Phi) is 13.4. The molecule has 1 saturated heterocycles. The van der Waals surface area contributed by atoms with Crippen LogP contribution in [0.15, 0.2) is 60.7 Å².